The highest BCUT2D eigenvalue weighted by atomic mass is 19.1. The number of Topliss-reactive ketones (excluding diaryl/α,β-unsaturated/α-hetero) is 1. The Balaban J connectivity index is 2.20. The number of ketones is 1. The average molecular weight is 232 g/mol. The molecule has 2 aromatic rings. The predicted octanol–water partition coefficient (Wildman–Crippen LogP) is 2.29. The number of carbonyl (C=O) groups is 1. The highest BCUT2D eigenvalue weighted by Gasteiger charge is 2.13. The van der Waals surface area contributed by atoms with Gasteiger partial charge in [0, 0.05) is 19.7 Å². The first kappa shape index (κ1) is 11.5. The van der Waals surface area contributed by atoms with E-state index in [0.29, 0.717) is 16.8 Å². The second-order valence-corrected chi connectivity index (χ2v) is 4.03. The van der Waals surface area contributed by atoms with Gasteiger partial charge in [-0.1, -0.05) is 12.1 Å². The highest BCUT2D eigenvalue weighted by Crippen LogP contribution is 2.11. The smallest absolute Gasteiger partial charge is 0.170 e. The molecular formula is C13H13FN2O. The molecule has 4 heteroatoms. The standard InChI is InChI=1S/C13H13FN2O/c1-9-12(8-16(2)15-9)13(17)7-10-4-3-5-11(14)6-10/h3-6,8H,7H2,1-2H3. The van der Waals surface area contributed by atoms with Crippen LogP contribution in [0.15, 0.2) is 30.5 Å². The highest BCUT2D eigenvalue weighted by molar-refractivity contribution is 5.98. The average Bonchev–Trinajstić information content (AvgIpc) is 2.58. The summed E-state index contributed by atoms with van der Waals surface area (Å²) in [5.74, 6) is -0.362. The molecule has 1 heterocycles. The Morgan fingerprint density at radius 1 is 1.47 bits per heavy atom. The number of carbonyl (C=O) groups excluding carboxylic acids is 1. The normalized spacial score (nSPS) is 10.5. The summed E-state index contributed by atoms with van der Waals surface area (Å²) in [6.07, 6.45) is 1.89. The van der Waals surface area contributed by atoms with Crippen LogP contribution in [0.4, 0.5) is 4.39 Å². The number of benzene rings is 1. The van der Waals surface area contributed by atoms with Crippen molar-refractivity contribution in [2.45, 2.75) is 13.3 Å². The molecule has 0 fully saturated rings. The first-order valence-corrected chi connectivity index (χ1v) is 5.34. The fraction of sp³-hybridized carbons (Fsp3) is 0.231. The third kappa shape index (κ3) is 2.58. The maximum atomic E-state index is 13.0. The van der Waals surface area contributed by atoms with Crippen molar-refractivity contribution in [3.05, 3.63) is 53.1 Å². The zero-order valence-electron chi connectivity index (χ0n) is 9.77. The minimum absolute atomic E-state index is 0.0406. The number of rotatable bonds is 3. The summed E-state index contributed by atoms with van der Waals surface area (Å²) in [4.78, 5) is 12.0. The summed E-state index contributed by atoms with van der Waals surface area (Å²) in [7, 11) is 1.77. The molecule has 0 radical (unpaired) electrons. The lowest BCUT2D eigenvalue weighted by Gasteiger charge is -2.00. The number of hydrogen-bond donors (Lipinski definition) is 0. The minimum Gasteiger partial charge on any atom is -0.294 e. The molecule has 0 aliphatic heterocycles. The van der Waals surface area contributed by atoms with Gasteiger partial charge in [0.1, 0.15) is 5.82 Å². The van der Waals surface area contributed by atoms with Crippen molar-refractivity contribution >= 4 is 5.78 Å². The molecule has 1 aromatic heterocycles. The van der Waals surface area contributed by atoms with E-state index in [0.717, 1.165) is 0 Å². The zero-order chi connectivity index (χ0) is 12.4. The Morgan fingerprint density at radius 2 is 2.24 bits per heavy atom. The van der Waals surface area contributed by atoms with E-state index < -0.39 is 0 Å². The molecule has 88 valence electrons. The predicted molar refractivity (Wildman–Crippen MR) is 62.4 cm³/mol. The van der Waals surface area contributed by atoms with E-state index in [1.54, 1.807) is 37.0 Å². The van der Waals surface area contributed by atoms with Crippen molar-refractivity contribution in [2.75, 3.05) is 0 Å². The second-order valence-electron chi connectivity index (χ2n) is 4.03. The topological polar surface area (TPSA) is 34.9 Å². The molecule has 0 aliphatic carbocycles. The molecule has 0 aliphatic rings. The Hall–Kier alpha value is -1.97. The maximum absolute atomic E-state index is 13.0. The van der Waals surface area contributed by atoms with Crippen molar-refractivity contribution in [2.24, 2.45) is 7.05 Å². The zero-order valence-corrected chi connectivity index (χ0v) is 9.77. The van der Waals surface area contributed by atoms with Gasteiger partial charge < -0.3 is 0 Å². The summed E-state index contributed by atoms with van der Waals surface area (Å²) in [5, 5.41) is 4.11. The molecule has 2 rings (SSSR count). The molecule has 0 atom stereocenters. The molecule has 17 heavy (non-hydrogen) atoms. The number of aryl methyl sites for hydroxylation is 2. The Bertz CT molecular complexity index is 560. The fourth-order valence-corrected chi connectivity index (χ4v) is 1.80. The molecule has 1 aromatic carbocycles. The molecule has 0 unspecified atom stereocenters. The van der Waals surface area contributed by atoms with Crippen LogP contribution in [-0.2, 0) is 13.5 Å². The van der Waals surface area contributed by atoms with Gasteiger partial charge in [-0.05, 0) is 24.6 Å². The first-order valence-electron chi connectivity index (χ1n) is 5.34. The van der Waals surface area contributed by atoms with E-state index in [-0.39, 0.29) is 18.0 Å². The maximum Gasteiger partial charge on any atom is 0.170 e. The summed E-state index contributed by atoms with van der Waals surface area (Å²) in [6, 6.07) is 6.09. The van der Waals surface area contributed by atoms with E-state index in [1.807, 2.05) is 0 Å². The first-order chi connectivity index (χ1) is 8.06. The molecular weight excluding hydrogens is 219 g/mol. The van der Waals surface area contributed by atoms with Crippen LogP contribution in [0.25, 0.3) is 0 Å². The number of halogens is 1. The Labute approximate surface area is 98.9 Å². The van der Waals surface area contributed by atoms with E-state index >= 15 is 0 Å². The number of hydrogen-bond acceptors (Lipinski definition) is 2. The summed E-state index contributed by atoms with van der Waals surface area (Å²) >= 11 is 0. The van der Waals surface area contributed by atoms with Crippen LogP contribution in [0.3, 0.4) is 0 Å². The summed E-state index contributed by atoms with van der Waals surface area (Å²) in [5.41, 5.74) is 1.98. The van der Waals surface area contributed by atoms with Crippen LogP contribution in [-0.4, -0.2) is 15.6 Å². The quantitative estimate of drug-likeness (QED) is 0.761. The van der Waals surface area contributed by atoms with Crippen LogP contribution in [0.5, 0.6) is 0 Å². The monoisotopic (exact) mass is 232 g/mol. The third-order valence-corrected chi connectivity index (χ3v) is 2.57. The lowest BCUT2D eigenvalue weighted by atomic mass is 10.0. The van der Waals surface area contributed by atoms with Gasteiger partial charge in [0.05, 0.1) is 11.3 Å². The van der Waals surface area contributed by atoms with Crippen LogP contribution in [0.2, 0.25) is 0 Å². The van der Waals surface area contributed by atoms with Crippen LogP contribution in [0.1, 0.15) is 21.6 Å². The van der Waals surface area contributed by atoms with Crippen molar-refractivity contribution in [3.8, 4) is 0 Å². The minimum atomic E-state index is -0.321. The lowest BCUT2D eigenvalue weighted by Crippen LogP contribution is -2.04. The largest absolute Gasteiger partial charge is 0.294 e. The molecule has 0 spiro atoms. The van der Waals surface area contributed by atoms with E-state index in [9.17, 15) is 9.18 Å². The molecule has 3 nitrogen and oxygen atoms in total. The third-order valence-electron chi connectivity index (χ3n) is 2.57. The van der Waals surface area contributed by atoms with Gasteiger partial charge in [0.2, 0.25) is 0 Å². The van der Waals surface area contributed by atoms with Gasteiger partial charge in [0.15, 0.2) is 5.78 Å². The SMILES string of the molecule is Cc1nn(C)cc1C(=O)Cc1cccc(F)c1. The Kier molecular flexibility index (Phi) is 3.04. The molecule has 0 bridgehead atoms. The summed E-state index contributed by atoms with van der Waals surface area (Å²) < 4.78 is 14.6. The van der Waals surface area contributed by atoms with Gasteiger partial charge >= 0.3 is 0 Å². The number of aromatic nitrogens is 2. The molecule has 0 amide bonds. The van der Waals surface area contributed by atoms with Crippen molar-refractivity contribution in [1.29, 1.82) is 0 Å². The van der Waals surface area contributed by atoms with Gasteiger partial charge in [-0.25, -0.2) is 4.39 Å². The van der Waals surface area contributed by atoms with Gasteiger partial charge in [0.25, 0.3) is 0 Å². The van der Waals surface area contributed by atoms with E-state index in [1.165, 1.54) is 12.1 Å². The molecule has 0 saturated heterocycles. The van der Waals surface area contributed by atoms with Crippen molar-refractivity contribution < 1.29 is 9.18 Å². The van der Waals surface area contributed by atoms with Crippen molar-refractivity contribution in [3.63, 3.8) is 0 Å². The van der Waals surface area contributed by atoms with Crippen molar-refractivity contribution in [1.82, 2.24) is 9.78 Å². The van der Waals surface area contributed by atoms with E-state index in [4.69, 9.17) is 0 Å². The van der Waals surface area contributed by atoms with Crippen LogP contribution >= 0.6 is 0 Å². The lowest BCUT2D eigenvalue weighted by molar-refractivity contribution is 0.0992. The fourth-order valence-electron chi connectivity index (χ4n) is 1.80. The summed E-state index contributed by atoms with van der Waals surface area (Å²) in [6.45, 7) is 1.79. The van der Waals surface area contributed by atoms with Gasteiger partial charge in [-0.15, -0.1) is 0 Å². The van der Waals surface area contributed by atoms with Gasteiger partial charge in [-0.2, -0.15) is 5.10 Å². The van der Waals surface area contributed by atoms with Crippen LogP contribution in [0, 0.1) is 12.7 Å². The Morgan fingerprint density at radius 3 is 2.82 bits per heavy atom. The van der Waals surface area contributed by atoms with E-state index in [2.05, 4.69) is 5.10 Å². The second kappa shape index (κ2) is 4.49. The number of nitrogens with zero attached hydrogens (tertiary/aromatic N) is 2. The molecule has 0 saturated carbocycles. The van der Waals surface area contributed by atoms with Crippen LogP contribution < -0.4 is 0 Å². The van der Waals surface area contributed by atoms with Gasteiger partial charge in [-0.3, -0.25) is 9.48 Å². The molecule has 0 N–H and O–H groups in total.